The minimum Gasteiger partial charge on any atom is -0.383 e. The van der Waals surface area contributed by atoms with E-state index >= 15 is 0 Å². The molecular formula is C26H25ClN4O2S. The quantitative estimate of drug-likeness (QED) is 0.306. The van der Waals surface area contributed by atoms with Gasteiger partial charge < -0.3 is 10.1 Å². The van der Waals surface area contributed by atoms with Gasteiger partial charge in [-0.1, -0.05) is 96.2 Å². The molecule has 0 aliphatic heterocycles. The van der Waals surface area contributed by atoms with Gasteiger partial charge >= 0.3 is 0 Å². The lowest BCUT2D eigenvalue weighted by Gasteiger charge is -2.20. The molecule has 0 saturated carbocycles. The summed E-state index contributed by atoms with van der Waals surface area (Å²) in [5, 5.41) is 13.2. The van der Waals surface area contributed by atoms with Gasteiger partial charge in [0.2, 0.25) is 5.91 Å². The van der Waals surface area contributed by atoms with Crippen molar-refractivity contribution in [1.82, 2.24) is 20.1 Å². The van der Waals surface area contributed by atoms with Crippen molar-refractivity contribution < 1.29 is 9.53 Å². The number of carbonyl (C=O) groups is 1. The first-order valence-corrected chi connectivity index (χ1v) is 12.2. The van der Waals surface area contributed by atoms with Gasteiger partial charge in [-0.3, -0.25) is 9.36 Å². The number of nitrogens with zero attached hydrogens (tertiary/aromatic N) is 3. The maximum absolute atomic E-state index is 13.0. The van der Waals surface area contributed by atoms with Crippen LogP contribution in [0.5, 0.6) is 0 Å². The van der Waals surface area contributed by atoms with Crippen LogP contribution in [0.1, 0.15) is 17.2 Å². The number of hydrogen-bond acceptors (Lipinski definition) is 5. The standard InChI is InChI=1S/C26H25ClN4O2S/c1-33-17-16-31-25(21-10-6-3-7-11-21)29-30-26(31)34-18-23(32)28-24(19-8-4-2-5-9-19)20-12-14-22(27)15-13-20/h2-15,24H,16-18H2,1H3,(H,28,32). The predicted molar refractivity (Wildman–Crippen MR) is 136 cm³/mol. The number of carbonyl (C=O) groups excluding carboxylic acids is 1. The molecular weight excluding hydrogens is 468 g/mol. The van der Waals surface area contributed by atoms with Gasteiger partial charge in [-0.05, 0) is 23.3 Å². The molecule has 1 aromatic heterocycles. The molecule has 6 nitrogen and oxygen atoms in total. The van der Waals surface area contributed by atoms with E-state index in [2.05, 4.69) is 15.5 Å². The van der Waals surface area contributed by atoms with Gasteiger partial charge in [-0.2, -0.15) is 0 Å². The second-order valence-corrected chi connectivity index (χ2v) is 8.95. The van der Waals surface area contributed by atoms with E-state index in [-0.39, 0.29) is 17.7 Å². The number of thioether (sulfide) groups is 1. The maximum Gasteiger partial charge on any atom is 0.231 e. The highest BCUT2D eigenvalue weighted by atomic mass is 35.5. The Balaban J connectivity index is 1.50. The van der Waals surface area contributed by atoms with Gasteiger partial charge in [-0.15, -0.1) is 10.2 Å². The first-order valence-electron chi connectivity index (χ1n) is 10.9. The Kier molecular flexibility index (Phi) is 8.36. The molecule has 1 unspecified atom stereocenters. The number of rotatable bonds is 10. The van der Waals surface area contributed by atoms with Crippen LogP contribution < -0.4 is 5.32 Å². The molecule has 0 aliphatic carbocycles. The highest BCUT2D eigenvalue weighted by Crippen LogP contribution is 2.26. The monoisotopic (exact) mass is 492 g/mol. The molecule has 8 heteroatoms. The van der Waals surface area contributed by atoms with E-state index in [0.717, 1.165) is 22.5 Å². The molecule has 4 aromatic rings. The molecule has 4 rings (SSSR count). The molecule has 0 bridgehead atoms. The van der Waals surface area contributed by atoms with Crippen molar-refractivity contribution in [2.24, 2.45) is 0 Å². The van der Waals surface area contributed by atoms with Crippen molar-refractivity contribution in [1.29, 1.82) is 0 Å². The number of hydrogen-bond donors (Lipinski definition) is 1. The van der Waals surface area contributed by atoms with Crippen molar-refractivity contribution in [3.05, 3.63) is 101 Å². The fraction of sp³-hybridized carbons (Fsp3) is 0.192. The van der Waals surface area contributed by atoms with Crippen LogP contribution >= 0.6 is 23.4 Å². The normalized spacial score (nSPS) is 11.8. The van der Waals surface area contributed by atoms with Gasteiger partial charge in [0.1, 0.15) is 0 Å². The van der Waals surface area contributed by atoms with Crippen LogP contribution in [0.2, 0.25) is 5.02 Å². The molecule has 34 heavy (non-hydrogen) atoms. The van der Waals surface area contributed by atoms with Gasteiger partial charge in [-0.25, -0.2) is 0 Å². The van der Waals surface area contributed by atoms with Crippen molar-refractivity contribution >= 4 is 29.3 Å². The zero-order chi connectivity index (χ0) is 23.8. The van der Waals surface area contributed by atoms with Crippen molar-refractivity contribution in [3.63, 3.8) is 0 Å². The Labute approximate surface area is 208 Å². The molecule has 1 atom stereocenters. The number of halogens is 1. The van der Waals surface area contributed by atoms with E-state index in [1.165, 1.54) is 11.8 Å². The molecule has 0 fully saturated rings. The lowest BCUT2D eigenvalue weighted by Crippen LogP contribution is -2.30. The van der Waals surface area contributed by atoms with Crippen LogP contribution in [-0.4, -0.2) is 40.1 Å². The molecule has 1 amide bonds. The molecule has 0 saturated heterocycles. The van der Waals surface area contributed by atoms with E-state index in [1.54, 1.807) is 7.11 Å². The van der Waals surface area contributed by atoms with E-state index in [9.17, 15) is 4.79 Å². The SMILES string of the molecule is COCCn1c(SCC(=O)NC(c2ccccc2)c2ccc(Cl)cc2)nnc1-c1ccccc1. The third kappa shape index (κ3) is 6.05. The van der Waals surface area contributed by atoms with Crippen molar-refractivity contribution in [2.75, 3.05) is 19.5 Å². The minimum atomic E-state index is -0.280. The molecule has 3 aromatic carbocycles. The summed E-state index contributed by atoms with van der Waals surface area (Å²) in [6.07, 6.45) is 0. The maximum atomic E-state index is 13.0. The third-order valence-corrected chi connectivity index (χ3v) is 6.46. The topological polar surface area (TPSA) is 69.0 Å². The largest absolute Gasteiger partial charge is 0.383 e. The van der Waals surface area contributed by atoms with E-state index in [4.69, 9.17) is 16.3 Å². The highest BCUT2D eigenvalue weighted by Gasteiger charge is 2.19. The average Bonchev–Trinajstić information content (AvgIpc) is 3.29. The number of aromatic nitrogens is 3. The van der Waals surface area contributed by atoms with Gasteiger partial charge in [0.25, 0.3) is 0 Å². The summed E-state index contributed by atoms with van der Waals surface area (Å²) >= 11 is 7.42. The number of benzene rings is 3. The minimum absolute atomic E-state index is 0.101. The zero-order valence-electron chi connectivity index (χ0n) is 18.7. The lowest BCUT2D eigenvalue weighted by molar-refractivity contribution is -0.119. The smallest absolute Gasteiger partial charge is 0.231 e. The van der Waals surface area contributed by atoms with Crippen LogP contribution in [0.25, 0.3) is 11.4 Å². The van der Waals surface area contributed by atoms with Crippen LogP contribution in [0.4, 0.5) is 0 Å². The second kappa shape index (κ2) is 11.8. The summed E-state index contributed by atoms with van der Waals surface area (Å²) < 4.78 is 7.26. The highest BCUT2D eigenvalue weighted by molar-refractivity contribution is 7.99. The summed E-state index contributed by atoms with van der Waals surface area (Å²) in [6.45, 7) is 1.11. The van der Waals surface area contributed by atoms with Crippen LogP contribution in [0.3, 0.4) is 0 Å². The van der Waals surface area contributed by atoms with Gasteiger partial charge in [0.05, 0.1) is 24.9 Å². The molecule has 174 valence electrons. The number of ether oxygens (including phenoxy) is 1. The van der Waals surface area contributed by atoms with Gasteiger partial charge in [0, 0.05) is 17.7 Å². The second-order valence-electron chi connectivity index (χ2n) is 7.57. The van der Waals surface area contributed by atoms with Crippen molar-refractivity contribution in [2.45, 2.75) is 17.7 Å². The van der Waals surface area contributed by atoms with E-state index in [1.807, 2.05) is 89.5 Å². The average molecular weight is 493 g/mol. The van der Waals surface area contributed by atoms with Gasteiger partial charge in [0.15, 0.2) is 11.0 Å². The van der Waals surface area contributed by atoms with E-state index < -0.39 is 0 Å². The number of methoxy groups -OCH3 is 1. The molecule has 1 N–H and O–H groups in total. The number of amides is 1. The Morgan fingerprint density at radius 2 is 1.62 bits per heavy atom. The Morgan fingerprint density at radius 1 is 0.971 bits per heavy atom. The Bertz CT molecular complexity index is 1200. The van der Waals surface area contributed by atoms with E-state index in [0.29, 0.717) is 23.3 Å². The van der Waals surface area contributed by atoms with Crippen LogP contribution in [-0.2, 0) is 16.1 Å². The summed E-state index contributed by atoms with van der Waals surface area (Å²) in [5.41, 5.74) is 2.93. The fourth-order valence-corrected chi connectivity index (χ4v) is 4.47. The zero-order valence-corrected chi connectivity index (χ0v) is 20.3. The molecule has 1 heterocycles. The fourth-order valence-electron chi connectivity index (χ4n) is 3.57. The lowest BCUT2D eigenvalue weighted by atomic mass is 9.99. The summed E-state index contributed by atoms with van der Waals surface area (Å²) in [7, 11) is 1.66. The first kappa shape index (κ1) is 24.0. The summed E-state index contributed by atoms with van der Waals surface area (Å²) in [4.78, 5) is 13.0. The van der Waals surface area contributed by atoms with Crippen molar-refractivity contribution in [3.8, 4) is 11.4 Å². The number of nitrogens with one attached hydrogen (secondary N) is 1. The first-order chi connectivity index (χ1) is 16.7. The Hall–Kier alpha value is -3.13. The van der Waals surface area contributed by atoms with Crippen LogP contribution in [0.15, 0.2) is 90.1 Å². The predicted octanol–water partition coefficient (Wildman–Crippen LogP) is 5.24. The summed E-state index contributed by atoms with van der Waals surface area (Å²) in [6, 6.07) is 27.0. The molecule has 0 radical (unpaired) electrons. The molecule has 0 spiro atoms. The summed E-state index contributed by atoms with van der Waals surface area (Å²) in [5.74, 6) is 0.858. The third-order valence-electron chi connectivity index (χ3n) is 5.24. The Morgan fingerprint density at radius 3 is 2.29 bits per heavy atom. The molecule has 0 aliphatic rings. The van der Waals surface area contributed by atoms with Crippen LogP contribution in [0, 0.1) is 0 Å².